The van der Waals surface area contributed by atoms with Crippen molar-refractivity contribution in [3.05, 3.63) is 46.1 Å². The Balaban J connectivity index is 2.34. The molecule has 3 N–H and O–H groups in total. The first-order valence-electron chi connectivity index (χ1n) is 5.31. The summed E-state index contributed by atoms with van der Waals surface area (Å²) in [5, 5.41) is 3.25. The molecule has 0 bridgehead atoms. The molecule has 0 atom stereocenters. The highest BCUT2D eigenvalue weighted by molar-refractivity contribution is 9.10. The average molecular weight is 292 g/mol. The standard InChI is InChI=1S/C13H14BrN3/c1-8-3-4-9(2)12(5-8)17-13-11(15)6-10(14)7-16-13/h3-7H,15H2,1-2H3,(H,16,17). The van der Waals surface area contributed by atoms with Crippen molar-refractivity contribution in [1.29, 1.82) is 0 Å². The average Bonchev–Trinajstić information content (AvgIpc) is 2.27. The molecule has 0 aliphatic heterocycles. The molecule has 0 saturated carbocycles. The third kappa shape index (κ3) is 2.77. The van der Waals surface area contributed by atoms with Gasteiger partial charge >= 0.3 is 0 Å². The Morgan fingerprint density at radius 1 is 1.24 bits per heavy atom. The van der Waals surface area contributed by atoms with Crippen LogP contribution in [0, 0.1) is 13.8 Å². The number of aryl methyl sites for hydroxylation is 2. The number of anilines is 3. The Bertz CT molecular complexity index is 552. The molecule has 0 radical (unpaired) electrons. The van der Waals surface area contributed by atoms with Gasteiger partial charge in [-0.3, -0.25) is 0 Å². The maximum Gasteiger partial charge on any atom is 0.153 e. The number of nitrogens with one attached hydrogen (secondary N) is 1. The third-order valence-electron chi connectivity index (χ3n) is 2.53. The van der Waals surface area contributed by atoms with Crippen molar-refractivity contribution in [2.45, 2.75) is 13.8 Å². The van der Waals surface area contributed by atoms with E-state index in [-0.39, 0.29) is 0 Å². The monoisotopic (exact) mass is 291 g/mol. The molecular weight excluding hydrogens is 278 g/mol. The predicted molar refractivity (Wildman–Crippen MR) is 75.5 cm³/mol. The highest BCUT2D eigenvalue weighted by Gasteiger charge is 2.04. The Hall–Kier alpha value is -1.55. The highest BCUT2D eigenvalue weighted by Crippen LogP contribution is 2.25. The lowest BCUT2D eigenvalue weighted by Gasteiger charge is -2.11. The lowest BCUT2D eigenvalue weighted by atomic mass is 10.1. The number of pyridine rings is 1. The molecule has 2 aromatic rings. The molecule has 4 heteroatoms. The van der Waals surface area contributed by atoms with E-state index in [1.165, 1.54) is 11.1 Å². The Morgan fingerprint density at radius 3 is 2.71 bits per heavy atom. The lowest BCUT2D eigenvalue weighted by molar-refractivity contribution is 1.28. The largest absolute Gasteiger partial charge is 0.396 e. The zero-order valence-corrected chi connectivity index (χ0v) is 11.4. The van der Waals surface area contributed by atoms with Crippen LogP contribution in [-0.2, 0) is 0 Å². The molecule has 1 aromatic heterocycles. The van der Waals surface area contributed by atoms with Crippen LogP contribution in [0.25, 0.3) is 0 Å². The first-order valence-corrected chi connectivity index (χ1v) is 6.11. The van der Waals surface area contributed by atoms with Crippen molar-refractivity contribution in [2.75, 3.05) is 11.1 Å². The molecule has 1 heterocycles. The van der Waals surface area contributed by atoms with E-state index in [0.717, 1.165) is 10.2 Å². The second kappa shape index (κ2) is 4.75. The maximum absolute atomic E-state index is 5.90. The zero-order valence-electron chi connectivity index (χ0n) is 9.79. The number of hydrogen-bond acceptors (Lipinski definition) is 3. The van der Waals surface area contributed by atoms with E-state index in [0.29, 0.717) is 11.5 Å². The van der Waals surface area contributed by atoms with E-state index in [9.17, 15) is 0 Å². The topological polar surface area (TPSA) is 50.9 Å². The summed E-state index contributed by atoms with van der Waals surface area (Å²) in [6.45, 7) is 4.11. The van der Waals surface area contributed by atoms with E-state index in [2.05, 4.69) is 58.3 Å². The molecule has 0 unspecified atom stereocenters. The van der Waals surface area contributed by atoms with Crippen molar-refractivity contribution in [3.63, 3.8) is 0 Å². The van der Waals surface area contributed by atoms with Crippen molar-refractivity contribution < 1.29 is 0 Å². The minimum Gasteiger partial charge on any atom is -0.396 e. The van der Waals surface area contributed by atoms with Crippen molar-refractivity contribution in [3.8, 4) is 0 Å². The number of nitrogens with zero attached hydrogens (tertiary/aromatic N) is 1. The third-order valence-corrected chi connectivity index (χ3v) is 2.96. The quantitative estimate of drug-likeness (QED) is 0.885. The molecule has 17 heavy (non-hydrogen) atoms. The van der Waals surface area contributed by atoms with Gasteiger partial charge in [-0.1, -0.05) is 12.1 Å². The van der Waals surface area contributed by atoms with Crippen LogP contribution in [0.3, 0.4) is 0 Å². The number of nitrogen functional groups attached to an aromatic ring is 1. The van der Waals surface area contributed by atoms with Gasteiger partial charge in [-0.15, -0.1) is 0 Å². The van der Waals surface area contributed by atoms with Gasteiger partial charge in [0, 0.05) is 16.4 Å². The molecule has 88 valence electrons. The summed E-state index contributed by atoms with van der Waals surface area (Å²) in [5.74, 6) is 0.682. The van der Waals surface area contributed by atoms with Gasteiger partial charge in [-0.2, -0.15) is 0 Å². The predicted octanol–water partition coefficient (Wildman–Crippen LogP) is 3.79. The summed E-state index contributed by atoms with van der Waals surface area (Å²) in [5.41, 5.74) is 9.93. The molecule has 0 fully saturated rings. The van der Waals surface area contributed by atoms with Crippen LogP contribution < -0.4 is 11.1 Å². The number of hydrogen-bond donors (Lipinski definition) is 2. The van der Waals surface area contributed by atoms with Crippen LogP contribution in [0.5, 0.6) is 0 Å². The number of aromatic nitrogens is 1. The van der Waals surface area contributed by atoms with Gasteiger partial charge in [0.05, 0.1) is 5.69 Å². The highest BCUT2D eigenvalue weighted by atomic mass is 79.9. The molecule has 2 rings (SSSR count). The second-order valence-electron chi connectivity index (χ2n) is 4.03. The van der Waals surface area contributed by atoms with E-state index < -0.39 is 0 Å². The van der Waals surface area contributed by atoms with Crippen LogP contribution in [0.1, 0.15) is 11.1 Å². The van der Waals surface area contributed by atoms with Gasteiger partial charge in [0.1, 0.15) is 0 Å². The minimum absolute atomic E-state index is 0.625. The fourth-order valence-corrected chi connectivity index (χ4v) is 1.91. The zero-order chi connectivity index (χ0) is 12.4. The van der Waals surface area contributed by atoms with Gasteiger partial charge < -0.3 is 11.1 Å². The van der Waals surface area contributed by atoms with E-state index in [1.54, 1.807) is 6.20 Å². The summed E-state index contributed by atoms with van der Waals surface area (Å²) in [4.78, 5) is 4.26. The first kappa shape index (κ1) is 11.9. The Kier molecular flexibility index (Phi) is 3.33. The minimum atomic E-state index is 0.625. The molecule has 0 spiro atoms. The van der Waals surface area contributed by atoms with Gasteiger partial charge in [-0.25, -0.2) is 4.98 Å². The maximum atomic E-state index is 5.90. The molecule has 0 amide bonds. The van der Waals surface area contributed by atoms with Crippen molar-refractivity contribution >= 4 is 33.1 Å². The SMILES string of the molecule is Cc1ccc(C)c(Nc2ncc(Br)cc2N)c1. The number of benzene rings is 1. The second-order valence-corrected chi connectivity index (χ2v) is 4.95. The van der Waals surface area contributed by atoms with E-state index in [1.807, 2.05) is 6.07 Å². The summed E-state index contributed by atoms with van der Waals surface area (Å²) >= 11 is 3.34. The molecule has 0 aliphatic rings. The van der Waals surface area contributed by atoms with Gasteiger partial charge in [-0.05, 0) is 53.0 Å². The van der Waals surface area contributed by atoms with Crippen LogP contribution in [0.2, 0.25) is 0 Å². The van der Waals surface area contributed by atoms with E-state index >= 15 is 0 Å². The first-order chi connectivity index (χ1) is 8.06. The smallest absolute Gasteiger partial charge is 0.153 e. The normalized spacial score (nSPS) is 10.3. The van der Waals surface area contributed by atoms with Gasteiger partial charge in [0.15, 0.2) is 5.82 Å². The lowest BCUT2D eigenvalue weighted by Crippen LogP contribution is -2.00. The van der Waals surface area contributed by atoms with Crippen LogP contribution in [0.4, 0.5) is 17.2 Å². The number of nitrogens with two attached hydrogens (primary N) is 1. The molecule has 0 aliphatic carbocycles. The summed E-state index contributed by atoms with van der Waals surface area (Å²) in [6.07, 6.45) is 1.73. The number of halogens is 1. The molecule has 1 aromatic carbocycles. The molecule has 3 nitrogen and oxygen atoms in total. The van der Waals surface area contributed by atoms with Crippen molar-refractivity contribution in [1.82, 2.24) is 4.98 Å². The van der Waals surface area contributed by atoms with Gasteiger partial charge in [0.25, 0.3) is 0 Å². The Labute approximate surface area is 109 Å². The molecular formula is C13H14BrN3. The summed E-state index contributed by atoms with van der Waals surface area (Å²) in [6, 6.07) is 8.07. The number of rotatable bonds is 2. The van der Waals surface area contributed by atoms with Crippen LogP contribution in [-0.4, -0.2) is 4.98 Å². The van der Waals surface area contributed by atoms with Crippen molar-refractivity contribution in [2.24, 2.45) is 0 Å². The fourth-order valence-electron chi connectivity index (χ4n) is 1.56. The summed E-state index contributed by atoms with van der Waals surface area (Å²) < 4.78 is 0.876. The van der Waals surface area contributed by atoms with Gasteiger partial charge in [0.2, 0.25) is 0 Å². The van der Waals surface area contributed by atoms with Crippen LogP contribution in [0.15, 0.2) is 34.9 Å². The summed E-state index contributed by atoms with van der Waals surface area (Å²) in [7, 11) is 0. The fraction of sp³-hybridized carbons (Fsp3) is 0.154. The van der Waals surface area contributed by atoms with Crippen LogP contribution >= 0.6 is 15.9 Å². The Morgan fingerprint density at radius 2 is 2.00 bits per heavy atom. The molecule has 0 saturated heterocycles. The van der Waals surface area contributed by atoms with E-state index in [4.69, 9.17) is 5.73 Å².